The largest absolute Gasteiger partial charge is 0.396 e. The van der Waals surface area contributed by atoms with Gasteiger partial charge in [-0.05, 0) is 6.07 Å². The zero-order valence-corrected chi connectivity index (χ0v) is 11.0. The molecule has 1 aromatic heterocycles. The number of aliphatic hydroxyl groups is 1. The predicted molar refractivity (Wildman–Crippen MR) is 75.3 cm³/mol. The Morgan fingerprint density at radius 1 is 1.40 bits per heavy atom. The van der Waals surface area contributed by atoms with E-state index in [4.69, 9.17) is 4.74 Å². The van der Waals surface area contributed by atoms with Crippen molar-refractivity contribution in [2.75, 3.05) is 31.7 Å². The molecule has 2 aromatic rings. The van der Waals surface area contributed by atoms with Crippen molar-refractivity contribution in [3.05, 3.63) is 36.0 Å². The van der Waals surface area contributed by atoms with E-state index in [2.05, 4.69) is 16.4 Å². The first-order valence-electron chi connectivity index (χ1n) is 6.48. The van der Waals surface area contributed by atoms with Gasteiger partial charge < -0.3 is 15.2 Å². The van der Waals surface area contributed by atoms with Gasteiger partial charge in [0.15, 0.2) is 0 Å². The van der Waals surface area contributed by atoms with E-state index in [-0.39, 0.29) is 12.0 Å². The van der Waals surface area contributed by atoms with Crippen molar-refractivity contribution in [3.8, 4) is 6.07 Å². The molecule has 0 amide bonds. The fourth-order valence-electron chi connectivity index (χ4n) is 2.33. The zero-order valence-electron chi connectivity index (χ0n) is 11.0. The molecule has 20 heavy (non-hydrogen) atoms. The van der Waals surface area contributed by atoms with E-state index in [0.717, 1.165) is 16.6 Å². The van der Waals surface area contributed by atoms with Gasteiger partial charge in [0.25, 0.3) is 0 Å². The number of anilines is 1. The van der Waals surface area contributed by atoms with Crippen LogP contribution < -0.4 is 5.32 Å². The summed E-state index contributed by atoms with van der Waals surface area (Å²) in [6.45, 7) is 1.74. The molecule has 2 heterocycles. The minimum Gasteiger partial charge on any atom is -0.396 e. The number of benzene rings is 1. The number of nitrogens with zero attached hydrogens (tertiary/aromatic N) is 2. The summed E-state index contributed by atoms with van der Waals surface area (Å²) < 4.78 is 5.18. The maximum Gasteiger partial charge on any atom is 0.103 e. The molecule has 1 aromatic carbocycles. The first-order chi connectivity index (χ1) is 9.78. The molecule has 102 valence electrons. The minimum absolute atomic E-state index is 0.0743. The molecule has 0 atom stereocenters. The van der Waals surface area contributed by atoms with E-state index >= 15 is 0 Å². The highest BCUT2D eigenvalue weighted by Gasteiger charge is 2.38. The fourth-order valence-corrected chi connectivity index (χ4v) is 2.33. The van der Waals surface area contributed by atoms with Crippen LogP contribution in [0.25, 0.3) is 10.9 Å². The molecular weight excluding hydrogens is 254 g/mol. The number of aliphatic hydroxyl groups excluding tert-OH is 1. The molecule has 0 aliphatic carbocycles. The molecule has 1 aliphatic rings. The van der Waals surface area contributed by atoms with Gasteiger partial charge in [0, 0.05) is 18.1 Å². The monoisotopic (exact) mass is 269 g/mol. The Balaban J connectivity index is 1.95. The number of rotatable bonds is 4. The van der Waals surface area contributed by atoms with Crippen LogP contribution in [0.3, 0.4) is 0 Å². The van der Waals surface area contributed by atoms with Gasteiger partial charge >= 0.3 is 0 Å². The van der Waals surface area contributed by atoms with Crippen LogP contribution in [0.15, 0.2) is 30.5 Å². The molecule has 1 saturated heterocycles. The quantitative estimate of drug-likeness (QED) is 0.880. The maximum absolute atomic E-state index is 9.46. The van der Waals surface area contributed by atoms with Crippen molar-refractivity contribution in [1.29, 1.82) is 5.26 Å². The van der Waals surface area contributed by atoms with E-state index in [1.54, 1.807) is 6.20 Å². The standard InChI is InChI=1S/C15H15N3O2/c16-5-11-6-17-13-4-2-1-3-12(13)14(11)18-7-15(8-19)9-20-10-15/h1-4,6,19H,7-10H2,(H,17,18). The Morgan fingerprint density at radius 2 is 2.20 bits per heavy atom. The van der Waals surface area contributed by atoms with Crippen LogP contribution in [0.5, 0.6) is 0 Å². The van der Waals surface area contributed by atoms with Crippen LogP contribution >= 0.6 is 0 Å². The first-order valence-corrected chi connectivity index (χ1v) is 6.48. The van der Waals surface area contributed by atoms with Crippen LogP contribution in [-0.4, -0.2) is 36.5 Å². The molecule has 5 heteroatoms. The van der Waals surface area contributed by atoms with E-state index in [0.29, 0.717) is 25.3 Å². The van der Waals surface area contributed by atoms with Gasteiger partial charge in [-0.15, -0.1) is 0 Å². The summed E-state index contributed by atoms with van der Waals surface area (Å²) in [5.41, 5.74) is 1.89. The van der Waals surface area contributed by atoms with Gasteiger partial charge in [0.2, 0.25) is 0 Å². The smallest absolute Gasteiger partial charge is 0.103 e. The second kappa shape index (κ2) is 5.08. The fraction of sp³-hybridized carbons (Fsp3) is 0.333. The van der Waals surface area contributed by atoms with E-state index in [9.17, 15) is 10.4 Å². The topological polar surface area (TPSA) is 78.2 Å². The van der Waals surface area contributed by atoms with Crippen molar-refractivity contribution < 1.29 is 9.84 Å². The summed E-state index contributed by atoms with van der Waals surface area (Å²) in [6.07, 6.45) is 1.58. The summed E-state index contributed by atoms with van der Waals surface area (Å²) >= 11 is 0. The number of para-hydroxylation sites is 1. The van der Waals surface area contributed by atoms with Crippen LogP contribution in [0.1, 0.15) is 5.56 Å². The Labute approximate surface area is 116 Å². The lowest BCUT2D eigenvalue weighted by Gasteiger charge is -2.40. The SMILES string of the molecule is N#Cc1cnc2ccccc2c1NCC1(CO)COC1. The summed E-state index contributed by atoms with van der Waals surface area (Å²) in [5, 5.41) is 22.9. The van der Waals surface area contributed by atoms with Crippen LogP contribution in [-0.2, 0) is 4.74 Å². The van der Waals surface area contributed by atoms with Gasteiger partial charge in [0.05, 0.1) is 42.0 Å². The molecule has 0 bridgehead atoms. The van der Waals surface area contributed by atoms with Crippen LogP contribution in [0.2, 0.25) is 0 Å². The normalized spacial score (nSPS) is 16.4. The highest BCUT2D eigenvalue weighted by atomic mass is 16.5. The van der Waals surface area contributed by atoms with Gasteiger partial charge in [-0.2, -0.15) is 5.26 Å². The van der Waals surface area contributed by atoms with Gasteiger partial charge in [-0.3, -0.25) is 4.98 Å². The minimum atomic E-state index is -0.239. The predicted octanol–water partition coefficient (Wildman–Crippen LogP) is 1.53. The third-order valence-electron chi connectivity index (χ3n) is 3.69. The van der Waals surface area contributed by atoms with E-state index < -0.39 is 0 Å². The number of aromatic nitrogens is 1. The third-order valence-corrected chi connectivity index (χ3v) is 3.69. The average molecular weight is 269 g/mol. The van der Waals surface area contributed by atoms with E-state index in [1.165, 1.54) is 0 Å². The number of ether oxygens (including phenoxy) is 1. The molecular formula is C15H15N3O2. The highest BCUT2D eigenvalue weighted by molar-refractivity contribution is 5.93. The van der Waals surface area contributed by atoms with E-state index in [1.807, 2.05) is 24.3 Å². The number of pyridine rings is 1. The Hall–Kier alpha value is -2.16. The number of nitriles is 1. The summed E-state index contributed by atoms with van der Waals surface area (Å²) in [7, 11) is 0. The van der Waals surface area contributed by atoms with Crippen molar-refractivity contribution in [3.63, 3.8) is 0 Å². The van der Waals surface area contributed by atoms with Crippen LogP contribution in [0, 0.1) is 16.7 Å². The van der Waals surface area contributed by atoms with Crippen molar-refractivity contribution in [2.24, 2.45) is 5.41 Å². The summed E-state index contributed by atoms with van der Waals surface area (Å²) in [6, 6.07) is 9.85. The molecule has 5 nitrogen and oxygen atoms in total. The molecule has 3 rings (SSSR count). The number of nitrogens with one attached hydrogen (secondary N) is 1. The number of fused-ring (bicyclic) bond motifs is 1. The Bertz CT molecular complexity index is 669. The van der Waals surface area contributed by atoms with Crippen LogP contribution in [0.4, 0.5) is 5.69 Å². The van der Waals surface area contributed by atoms with Crippen molar-refractivity contribution >= 4 is 16.6 Å². The van der Waals surface area contributed by atoms with Crippen molar-refractivity contribution in [1.82, 2.24) is 4.98 Å². The van der Waals surface area contributed by atoms with Crippen molar-refractivity contribution in [2.45, 2.75) is 0 Å². The van der Waals surface area contributed by atoms with Gasteiger partial charge in [-0.25, -0.2) is 0 Å². The number of hydrogen-bond donors (Lipinski definition) is 2. The molecule has 0 spiro atoms. The lowest BCUT2D eigenvalue weighted by atomic mass is 9.87. The maximum atomic E-state index is 9.46. The number of hydrogen-bond acceptors (Lipinski definition) is 5. The lowest BCUT2D eigenvalue weighted by molar-refractivity contribution is -0.128. The molecule has 1 aliphatic heterocycles. The average Bonchev–Trinajstić information content (AvgIpc) is 2.46. The molecule has 0 unspecified atom stereocenters. The second-order valence-electron chi connectivity index (χ2n) is 5.18. The van der Waals surface area contributed by atoms with Gasteiger partial charge in [-0.1, -0.05) is 18.2 Å². The third kappa shape index (κ3) is 2.09. The molecule has 1 fully saturated rings. The molecule has 0 radical (unpaired) electrons. The summed E-state index contributed by atoms with van der Waals surface area (Å²) in [5.74, 6) is 0. The highest BCUT2D eigenvalue weighted by Crippen LogP contribution is 2.30. The lowest BCUT2D eigenvalue weighted by Crippen LogP contribution is -2.50. The molecule has 2 N–H and O–H groups in total. The first kappa shape index (κ1) is 12.9. The Morgan fingerprint density at radius 3 is 2.85 bits per heavy atom. The Kier molecular flexibility index (Phi) is 3.26. The summed E-state index contributed by atoms with van der Waals surface area (Å²) in [4.78, 5) is 4.27. The molecule has 0 saturated carbocycles. The second-order valence-corrected chi connectivity index (χ2v) is 5.18. The van der Waals surface area contributed by atoms with Gasteiger partial charge in [0.1, 0.15) is 6.07 Å². The zero-order chi connectivity index (χ0) is 14.0.